The summed E-state index contributed by atoms with van der Waals surface area (Å²) in [5.41, 5.74) is 0.524. The van der Waals surface area contributed by atoms with Gasteiger partial charge in [0.25, 0.3) is 5.56 Å². The van der Waals surface area contributed by atoms with Gasteiger partial charge in [0.05, 0.1) is 29.8 Å². The van der Waals surface area contributed by atoms with E-state index in [1.807, 2.05) is 12.1 Å². The number of halogens is 1. The molecule has 4 rings (SSSR count). The van der Waals surface area contributed by atoms with Crippen LogP contribution in [0.25, 0.3) is 10.9 Å². The summed E-state index contributed by atoms with van der Waals surface area (Å²) in [5.74, 6) is 1.49. The smallest absolute Gasteiger partial charge is 0.262 e. The Morgan fingerprint density at radius 2 is 2.28 bits per heavy atom. The fraction of sp³-hybridized carbons (Fsp3) is 0.333. The first-order chi connectivity index (χ1) is 12.2. The predicted octanol–water partition coefficient (Wildman–Crippen LogP) is 3.96. The molecule has 1 saturated heterocycles. The Hall–Kier alpha value is -1.76. The van der Waals surface area contributed by atoms with Crippen LogP contribution >= 0.6 is 23.4 Å². The van der Waals surface area contributed by atoms with Crippen molar-refractivity contribution in [3.8, 4) is 0 Å². The Morgan fingerprint density at radius 1 is 1.36 bits per heavy atom. The van der Waals surface area contributed by atoms with Crippen LogP contribution < -0.4 is 5.56 Å². The van der Waals surface area contributed by atoms with Crippen LogP contribution in [-0.4, -0.2) is 28.0 Å². The van der Waals surface area contributed by atoms with Gasteiger partial charge in [-0.3, -0.25) is 9.36 Å². The van der Waals surface area contributed by atoms with E-state index in [4.69, 9.17) is 20.8 Å². The lowest BCUT2D eigenvalue weighted by Crippen LogP contribution is -2.24. The van der Waals surface area contributed by atoms with Crippen molar-refractivity contribution in [1.29, 1.82) is 0 Å². The molecule has 25 heavy (non-hydrogen) atoms. The van der Waals surface area contributed by atoms with Crippen molar-refractivity contribution >= 4 is 34.3 Å². The lowest BCUT2D eigenvalue weighted by Gasteiger charge is -2.14. The Balaban J connectivity index is 1.74. The number of nitrogens with zero attached hydrogens (tertiary/aromatic N) is 2. The second-order valence-corrected chi connectivity index (χ2v) is 7.40. The van der Waals surface area contributed by atoms with Gasteiger partial charge in [0.15, 0.2) is 5.16 Å². The van der Waals surface area contributed by atoms with E-state index in [-0.39, 0.29) is 11.7 Å². The lowest BCUT2D eigenvalue weighted by atomic mass is 10.2. The third kappa shape index (κ3) is 3.61. The zero-order valence-electron chi connectivity index (χ0n) is 13.5. The molecular weight excluding hydrogens is 360 g/mol. The monoisotopic (exact) mass is 376 g/mol. The molecule has 1 fully saturated rings. The van der Waals surface area contributed by atoms with Crippen molar-refractivity contribution in [1.82, 2.24) is 9.55 Å². The minimum atomic E-state index is -0.0899. The van der Waals surface area contributed by atoms with Crippen molar-refractivity contribution in [2.45, 2.75) is 30.6 Å². The standard InChI is InChI=1S/C18H17ClN2O3S/c19-12-5-6-15-16(9-12)20-18(25-11-14-4-2-8-24-14)21(17(15)22)10-13-3-1-7-23-13/h1,3,5-7,9,14H,2,4,8,10-11H2. The van der Waals surface area contributed by atoms with Crippen LogP contribution in [0.4, 0.5) is 0 Å². The summed E-state index contributed by atoms with van der Waals surface area (Å²) in [4.78, 5) is 17.7. The lowest BCUT2D eigenvalue weighted by molar-refractivity contribution is 0.129. The highest BCUT2D eigenvalue weighted by Gasteiger charge is 2.19. The van der Waals surface area contributed by atoms with Crippen molar-refractivity contribution in [2.24, 2.45) is 0 Å². The second kappa shape index (κ2) is 7.23. The molecule has 0 amide bonds. The maximum absolute atomic E-state index is 13.0. The number of thioether (sulfide) groups is 1. The highest BCUT2D eigenvalue weighted by atomic mass is 35.5. The molecular formula is C18H17ClN2O3S. The zero-order chi connectivity index (χ0) is 17.2. The summed E-state index contributed by atoms with van der Waals surface area (Å²) in [7, 11) is 0. The first kappa shape index (κ1) is 16.7. The molecule has 0 N–H and O–H groups in total. The summed E-state index contributed by atoms with van der Waals surface area (Å²) in [5, 5.41) is 1.78. The Kier molecular flexibility index (Phi) is 4.83. The molecule has 0 aliphatic carbocycles. The molecule has 1 aliphatic rings. The number of aromatic nitrogens is 2. The number of hydrogen-bond acceptors (Lipinski definition) is 5. The van der Waals surface area contributed by atoms with Gasteiger partial charge in [0.1, 0.15) is 5.76 Å². The van der Waals surface area contributed by atoms with E-state index in [1.165, 1.54) is 0 Å². The van der Waals surface area contributed by atoms with Gasteiger partial charge in [0, 0.05) is 17.4 Å². The zero-order valence-corrected chi connectivity index (χ0v) is 15.1. The molecule has 1 unspecified atom stereocenters. The fourth-order valence-electron chi connectivity index (χ4n) is 2.93. The summed E-state index contributed by atoms with van der Waals surface area (Å²) in [6.07, 6.45) is 3.96. The molecule has 1 aliphatic heterocycles. The number of hydrogen-bond donors (Lipinski definition) is 0. The van der Waals surface area contributed by atoms with Crippen LogP contribution in [0.5, 0.6) is 0 Å². The Bertz CT molecular complexity index is 933. The van der Waals surface area contributed by atoms with Crippen LogP contribution in [0, 0.1) is 0 Å². The minimum absolute atomic E-state index is 0.0899. The summed E-state index contributed by atoms with van der Waals surface area (Å²) >= 11 is 7.61. The van der Waals surface area contributed by atoms with Crippen LogP contribution in [0.2, 0.25) is 5.02 Å². The van der Waals surface area contributed by atoms with Crippen LogP contribution in [0.15, 0.2) is 51.0 Å². The molecule has 7 heteroatoms. The summed E-state index contributed by atoms with van der Waals surface area (Å²) in [6, 6.07) is 8.83. The Labute approximate surface area is 153 Å². The van der Waals surface area contributed by atoms with Gasteiger partial charge < -0.3 is 9.15 Å². The molecule has 0 radical (unpaired) electrons. The van der Waals surface area contributed by atoms with Gasteiger partial charge in [-0.15, -0.1) is 0 Å². The normalized spacial score (nSPS) is 17.4. The van der Waals surface area contributed by atoms with E-state index in [0.717, 1.165) is 31.0 Å². The molecule has 3 heterocycles. The quantitative estimate of drug-likeness (QED) is 0.498. The van der Waals surface area contributed by atoms with Crippen molar-refractivity contribution in [3.05, 3.63) is 57.7 Å². The van der Waals surface area contributed by atoms with Crippen LogP contribution in [0.3, 0.4) is 0 Å². The van der Waals surface area contributed by atoms with Crippen LogP contribution in [0.1, 0.15) is 18.6 Å². The molecule has 130 valence electrons. The largest absolute Gasteiger partial charge is 0.467 e. The average Bonchev–Trinajstić information content (AvgIpc) is 3.29. The number of fused-ring (bicyclic) bond motifs is 1. The summed E-state index contributed by atoms with van der Waals surface area (Å²) in [6.45, 7) is 1.16. The van der Waals surface area contributed by atoms with Gasteiger partial charge >= 0.3 is 0 Å². The van der Waals surface area contributed by atoms with Gasteiger partial charge in [-0.1, -0.05) is 23.4 Å². The summed E-state index contributed by atoms with van der Waals surface area (Å²) < 4.78 is 12.8. The molecule has 0 saturated carbocycles. The average molecular weight is 377 g/mol. The van der Waals surface area contributed by atoms with Gasteiger partial charge in [0.2, 0.25) is 0 Å². The molecule has 5 nitrogen and oxygen atoms in total. The topological polar surface area (TPSA) is 57.3 Å². The number of benzene rings is 1. The minimum Gasteiger partial charge on any atom is -0.467 e. The van der Waals surface area contributed by atoms with E-state index in [2.05, 4.69) is 4.98 Å². The van der Waals surface area contributed by atoms with Crippen molar-refractivity contribution < 1.29 is 9.15 Å². The maximum Gasteiger partial charge on any atom is 0.262 e. The molecule has 0 bridgehead atoms. The number of rotatable bonds is 5. The highest BCUT2D eigenvalue weighted by Crippen LogP contribution is 2.25. The Morgan fingerprint density at radius 3 is 3.04 bits per heavy atom. The molecule has 1 aromatic carbocycles. The molecule has 0 spiro atoms. The second-order valence-electron chi connectivity index (χ2n) is 5.97. The predicted molar refractivity (Wildman–Crippen MR) is 98.5 cm³/mol. The van der Waals surface area contributed by atoms with Gasteiger partial charge in [-0.25, -0.2) is 4.98 Å². The van der Waals surface area contributed by atoms with E-state index in [9.17, 15) is 4.79 Å². The fourth-order valence-corrected chi connectivity index (χ4v) is 4.16. The SMILES string of the molecule is O=c1c2ccc(Cl)cc2nc(SCC2CCCO2)n1Cc1ccco1. The molecule has 2 aromatic heterocycles. The third-order valence-corrected chi connectivity index (χ3v) is 5.54. The first-order valence-corrected chi connectivity index (χ1v) is 9.54. The maximum atomic E-state index is 13.0. The third-order valence-electron chi connectivity index (χ3n) is 4.20. The first-order valence-electron chi connectivity index (χ1n) is 8.17. The molecule has 3 aromatic rings. The van der Waals surface area contributed by atoms with Crippen molar-refractivity contribution in [3.63, 3.8) is 0 Å². The van der Waals surface area contributed by atoms with E-state index in [0.29, 0.717) is 27.6 Å². The number of furan rings is 1. The van der Waals surface area contributed by atoms with E-state index in [1.54, 1.807) is 40.8 Å². The molecule has 1 atom stereocenters. The van der Waals surface area contributed by atoms with Crippen molar-refractivity contribution in [2.75, 3.05) is 12.4 Å². The number of ether oxygens (including phenoxy) is 1. The van der Waals surface area contributed by atoms with E-state index < -0.39 is 0 Å². The van der Waals surface area contributed by atoms with Crippen LogP contribution in [-0.2, 0) is 11.3 Å². The highest BCUT2D eigenvalue weighted by molar-refractivity contribution is 7.99. The van der Waals surface area contributed by atoms with E-state index >= 15 is 0 Å². The van der Waals surface area contributed by atoms with Gasteiger partial charge in [-0.05, 0) is 43.2 Å². The van der Waals surface area contributed by atoms with Gasteiger partial charge in [-0.2, -0.15) is 0 Å².